The highest BCUT2D eigenvalue weighted by Crippen LogP contribution is 2.36. The number of halogens is 7. The number of alkyl halides is 5. The molecular weight excluding hydrogens is 617 g/mol. The number of benzene rings is 4. The quantitative estimate of drug-likeness (QED) is 0.120. The van der Waals surface area contributed by atoms with Crippen molar-refractivity contribution in [3.8, 4) is 33.8 Å². The summed E-state index contributed by atoms with van der Waals surface area (Å²) >= 11 is 0. The number of unbranched alkanes of at least 4 members (excludes halogenated alkanes) is 2. The highest BCUT2D eigenvalue weighted by atomic mass is 19.4. The van der Waals surface area contributed by atoms with Gasteiger partial charge in [0.1, 0.15) is 11.6 Å². The fourth-order valence-electron chi connectivity index (χ4n) is 5.15. The van der Waals surface area contributed by atoms with E-state index >= 15 is 8.78 Å². The fourth-order valence-corrected chi connectivity index (χ4v) is 5.15. The van der Waals surface area contributed by atoms with Crippen molar-refractivity contribution in [3.63, 3.8) is 0 Å². The third-order valence-electron chi connectivity index (χ3n) is 7.57. The molecule has 1 aliphatic heterocycles. The Balaban J connectivity index is 1.20. The molecule has 46 heavy (non-hydrogen) atoms. The summed E-state index contributed by atoms with van der Waals surface area (Å²) in [6, 6.07) is 17.7. The summed E-state index contributed by atoms with van der Waals surface area (Å²) in [6.45, 7) is 3.26. The maximum absolute atomic E-state index is 15.0. The number of hydrogen-bond acceptors (Lipinski definition) is 4. The molecule has 11 heteroatoms. The van der Waals surface area contributed by atoms with E-state index in [1.165, 1.54) is 60.7 Å². The zero-order valence-electron chi connectivity index (χ0n) is 24.8. The van der Waals surface area contributed by atoms with Crippen molar-refractivity contribution in [2.24, 2.45) is 5.92 Å². The van der Waals surface area contributed by atoms with Crippen LogP contribution in [0, 0.1) is 17.6 Å². The van der Waals surface area contributed by atoms with Crippen molar-refractivity contribution in [2.45, 2.75) is 51.4 Å². The van der Waals surface area contributed by atoms with E-state index in [9.17, 15) is 22.0 Å². The predicted molar refractivity (Wildman–Crippen MR) is 157 cm³/mol. The van der Waals surface area contributed by atoms with Gasteiger partial charge in [0.15, 0.2) is 17.9 Å². The van der Waals surface area contributed by atoms with Crippen molar-refractivity contribution < 1.29 is 49.7 Å². The molecular formula is C35H31F7O4. The van der Waals surface area contributed by atoms with Crippen LogP contribution in [0.15, 0.2) is 84.9 Å². The molecule has 0 unspecified atom stereocenters. The molecule has 4 aromatic carbocycles. The van der Waals surface area contributed by atoms with Crippen LogP contribution in [-0.4, -0.2) is 19.6 Å². The molecule has 1 heterocycles. The molecule has 0 aromatic heterocycles. The van der Waals surface area contributed by atoms with Crippen LogP contribution in [0.3, 0.4) is 0 Å². The van der Waals surface area contributed by atoms with Crippen LogP contribution in [-0.2, 0) is 15.6 Å². The second kappa shape index (κ2) is 14.1. The smallest absolute Gasteiger partial charge is 0.429 e. The molecule has 0 bridgehead atoms. The lowest BCUT2D eigenvalue weighted by Crippen LogP contribution is -2.27. The topological polar surface area (TPSA) is 36.9 Å². The van der Waals surface area contributed by atoms with E-state index in [1.807, 2.05) is 0 Å². The third-order valence-corrected chi connectivity index (χ3v) is 7.57. The average Bonchev–Trinajstić information content (AvgIpc) is 3.02. The zero-order chi connectivity index (χ0) is 32.9. The van der Waals surface area contributed by atoms with Gasteiger partial charge in [0.25, 0.3) is 0 Å². The van der Waals surface area contributed by atoms with Gasteiger partial charge in [-0.1, -0.05) is 68.7 Å². The molecule has 0 saturated carbocycles. The average molecular weight is 649 g/mol. The number of ether oxygens (including phenoxy) is 4. The van der Waals surface area contributed by atoms with Crippen LogP contribution >= 0.6 is 0 Å². The van der Waals surface area contributed by atoms with E-state index < -0.39 is 36.1 Å². The van der Waals surface area contributed by atoms with Gasteiger partial charge in [-0.15, -0.1) is 13.2 Å². The minimum Gasteiger partial charge on any atom is -0.429 e. The fraction of sp³-hybridized carbons (Fsp3) is 0.314. The molecule has 0 N–H and O–H groups in total. The first-order valence-electron chi connectivity index (χ1n) is 14.8. The Morgan fingerprint density at radius 1 is 0.696 bits per heavy atom. The monoisotopic (exact) mass is 648 g/mol. The number of hydrogen-bond donors (Lipinski definition) is 0. The Morgan fingerprint density at radius 2 is 1.33 bits per heavy atom. The summed E-state index contributed by atoms with van der Waals surface area (Å²) in [7, 11) is 0. The summed E-state index contributed by atoms with van der Waals surface area (Å²) in [6.07, 6.45) is -4.89. The largest absolute Gasteiger partial charge is 0.573 e. The van der Waals surface area contributed by atoms with Crippen LogP contribution in [0.5, 0.6) is 11.5 Å². The third kappa shape index (κ3) is 8.38. The predicted octanol–water partition coefficient (Wildman–Crippen LogP) is 10.6. The first-order valence-corrected chi connectivity index (χ1v) is 14.8. The van der Waals surface area contributed by atoms with Gasteiger partial charge in [-0.05, 0) is 65.6 Å². The molecule has 4 nitrogen and oxygen atoms in total. The van der Waals surface area contributed by atoms with Crippen LogP contribution in [0.4, 0.5) is 30.7 Å². The first-order chi connectivity index (χ1) is 21.9. The van der Waals surface area contributed by atoms with Gasteiger partial charge in [-0.3, -0.25) is 0 Å². The molecule has 0 spiro atoms. The van der Waals surface area contributed by atoms with Crippen molar-refractivity contribution in [2.75, 3.05) is 13.2 Å². The first kappa shape index (κ1) is 33.3. The highest BCUT2D eigenvalue weighted by molar-refractivity contribution is 5.71. The molecule has 0 aliphatic carbocycles. The Kier molecular flexibility index (Phi) is 10.2. The Labute approximate surface area is 261 Å². The summed E-state index contributed by atoms with van der Waals surface area (Å²) < 4.78 is 117. The van der Waals surface area contributed by atoms with Crippen LogP contribution in [0.25, 0.3) is 22.3 Å². The molecule has 244 valence electrons. The van der Waals surface area contributed by atoms with Gasteiger partial charge < -0.3 is 18.9 Å². The normalized spacial score (nSPS) is 17.1. The Bertz CT molecular complexity index is 1600. The molecule has 4 aromatic rings. The molecule has 0 atom stereocenters. The lowest BCUT2D eigenvalue weighted by Gasteiger charge is -2.30. The standard InChI is InChI=1S/C35H31F7O4/c1-2-3-4-5-22-20-43-33(44-21-22)24-6-12-27(13-7-24)34(38,39)45-28-14-8-23(9-15-28)25-10-16-29(30(36)18-25)26-11-17-32(31(37)19-26)46-35(40,41)42/h6-19,22,33H,2-5,20-21H2,1H3. The van der Waals surface area contributed by atoms with Crippen molar-refractivity contribution in [3.05, 3.63) is 108 Å². The Hall–Kier alpha value is -4.09. The molecule has 1 aliphatic rings. The van der Waals surface area contributed by atoms with Crippen LogP contribution in [0.2, 0.25) is 0 Å². The van der Waals surface area contributed by atoms with Gasteiger partial charge in [-0.25, -0.2) is 8.78 Å². The minimum atomic E-state index is -5.07. The molecule has 1 saturated heterocycles. The number of rotatable bonds is 11. The van der Waals surface area contributed by atoms with Gasteiger partial charge in [-0.2, -0.15) is 8.78 Å². The second-order valence-corrected chi connectivity index (χ2v) is 11.0. The lowest BCUT2D eigenvalue weighted by atomic mass is 9.99. The molecule has 5 rings (SSSR count). The molecule has 1 fully saturated rings. The lowest BCUT2D eigenvalue weighted by molar-refractivity contribution is -0.275. The summed E-state index contributed by atoms with van der Waals surface area (Å²) in [5.74, 6) is -2.91. The van der Waals surface area contributed by atoms with E-state index in [2.05, 4.69) is 11.7 Å². The summed E-state index contributed by atoms with van der Waals surface area (Å²) in [5, 5.41) is 0. The van der Waals surface area contributed by atoms with E-state index in [0.717, 1.165) is 49.9 Å². The minimum absolute atomic E-state index is 0.000299. The highest BCUT2D eigenvalue weighted by Gasteiger charge is 2.35. The van der Waals surface area contributed by atoms with E-state index in [4.69, 9.17) is 14.2 Å². The van der Waals surface area contributed by atoms with Gasteiger partial charge >= 0.3 is 12.5 Å². The molecule has 0 radical (unpaired) electrons. The van der Waals surface area contributed by atoms with Gasteiger partial charge in [0, 0.05) is 17.0 Å². The Morgan fingerprint density at radius 3 is 1.93 bits per heavy atom. The van der Waals surface area contributed by atoms with Crippen molar-refractivity contribution in [1.29, 1.82) is 0 Å². The van der Waals surface area contributed by atoms with Crippen LogP contribution < -0.4 is 9.47 Å². The SMILES string of the molecule is CCCCCC1COC(c2ccc(C(F)(F)Oc3ccc(-c4ccc(-c5ccc(OC(F)(F)F)c(F)c5)c(F)c4)cc3)cc2)OC1. The van der Waals surface area contributed by atoms with E-state index in [1.54, 1.807) is 0 Å². The van der Waals surface area contributed by atoms with Crippen LogP contribution in [0.1, 0.15) is 50.0 Å². The zero-order valence-corrected chi connectivity index (χ0v) is 24.8. The summed E-state index contributed by atoms with van der Waals surface area (Å²) in [4.78, 5) is 0. The maximum atomic E-state index is 15.0. The summed E-state index contributed by atoms with van der Waals surface area (Å²) in [5.41, 5.74) is 1.07. The van der Waals surface area contributed by atoms with Crippen molar-refractivity contribution >= 4 is 0 Å². The van der Waals surface area contributed by atoms with E-state index in [-0.39, 0.29) is 22.4 Å². The maximum Gasteiger partial charge on any atom is 0.573 e. The van der Waals surface area contributed by atoms with Crippen molar-refractivity contribution in [1.82, 2.24) is 0 Å². The molecule has 0 amide bonds. The van der Waals surface area contributed by atoms with Gasteiger partial charge in [0.05, 0.1) is 18.8 Å². The van der Waals surface area contributed by atoms with E-state index in [0.29, 0.717) is 35.8 Å². The van der Waals surface area contributed by atoms with Gasteiger partial charge in [0.2, 0.25) is 0 Å². The second-order valence-electron chi connectivity index (χ2n) is 11.0.